The number of imidazole rings is 1. The summed E-state index contributed by atoms with van der Waals surface area (Å²) < 4.78 is 7.33. The minimum atomic E-state index is 0.687. The largest absolute Gasteiger partial charge is 0.496 e. The predicted octanol–water partition coefficient (Wildman–Crippen LogP) is 2.52. The number of aromatic nitrogens is 2. The number of anilines is 1. The van der Waals surface area contributed by atoms with Crippen molar-refractivity contribution < 1.29 is 4.74 Å². The number of rotatable bonds is 3. The molecule has 0 aliphatic rings. The molecular formula is C15H15N3O. The summed E-state index contributed by atoms with van der Waals surface area (Å²) in [5.41, 5.74) is 8.12. The van der Waals surface area contributed by atoms with E-state index in [-0.39, 0.29) is 0 Å². The second kappa shape index (κ2) is 4.65. The van der Waals surface area contributed by atoms with E-state index >= 15 is 0 Å². The van der Waals surface area contributed by atoms with Crippen LogP contribution in [-0.4, -0.2) is 16.5 Å². The molecule has 3 aromatic rings. The van der Waals surface area contributed by atoms with E-state index < -0.39 is 0 Å². The molecule has 0 spiro atoms. The van der Waals surface area contributed by atoms with Crippen LogP contribution >= 0.6 is 0 Å². The Hall–Kier alpha value is -2.49. The maximum absolute atomic E-state index is 6.02. The first-order valence-corrected chi connectivity index (χ1v) is 6.12. The highest BCUT2D eigenvalue weighted by atomic mass is 16.5. The minimum absolute atomic E-state index is 0.687. The lowest BCUT2D eigenvalue weighted by Gasteiger charge is -2.08. The molecule has 0 aliphatic carbocycles. The summed E-state index contributed by atoms with van der Waals surface area (Å²) in [6.45, 7) is 0. The average molecular weight is 253 g/mol. The Morgan fingerprint density at radius 3 is 2.84 bits per heavy atom. The highest BCUT2D eigenvalue weighted by Crippen LogP contribution is 2.22. The fourth-order valence-corrected chi connectivity index (χ4v) is 2.28. The average Bonchev–Trinajstić information content (AvgIpc) is 2.84. The molecule has 0 amide bonds. The molecule has 2 aromatic heterocycles. The standard InChI is InChI=1S/C15H15N3O/c1-19-13-7-3-2-5-11(13)9-15-17-10-12-6-4-8-14(16)18(12)15/h2-8,10H,9,16H2,1H3. The van der Waals surface area contributed by atoms with E-state index in [1.807, 2.05) is 53.1 Å². The van der Waals surface area contributed by atoms with Crippen LogP contribution in [0.1, 0.15) is 11.4 Å². The number of nitrogens with zero attached hydrogens (tertiary/aromatic N) is 2. The van der Waals surface area contributed by atoms with Gasteiger partial charge < -0.3 is 10.5 Å². The minimum Gasteiger partial charge on any atom is -0.496 e. The number of fused-ring (bicyclic) bond motifs is 1. The van der Waals surface area contributed by atoms with Crippen LogP contribution in [0.2, 0.25) is 0 Å². The van der Waals surface area contributed by atoms with Gasteiger partial charge in [-0.2, -0.15) is 0 Å². The second-order valence-corrected chi connectivity index (χ2v) is 4.37. The number of hydrogen-bond acceptors (Lipinski definition) is 3. The van der Waals surface area contributed by atoms with Crippen LogP contribution in [0.5, 0.6) is 5.75 Å². The summed E-state index contributed by atoms with van der Waals surface area (Å²) in [7, 11) is 1.68. The molecular weight excluding hydrogens is 238 g/mol. The number of hydrogen-bond donors (Lipinski definition) is 1. The number of nitrogen functional groups attached to an aromatic ring is 1. The molecule has 4 heteroatoms. The third kappa shape index (κ3) is 2.01. The lowest BCUT2D eigenvalue weighted by Crippen LogP contribution is -2.03. The maximum Gasteiger partial charge on any atom is 0.122 e. The Bertz CT molecular complexity index is 718. The van der Waals surface area contributed by atoms with Crippen molar-refractivity contribution in [1.82, 2.24) is 9.38 Å². The first-order chi connectivity index (χ1) is 9.29. The van der Waals surface area contributed by atoms with E-state index in [4.69, 9.17) is 10.5 Å². The zero-order chi connectivity index (χ0) is 13.2. The predicted molar refractivity (Wildman–Crippen MR) is 75.4 cm³/mol. The van der Waals surface area contributed by atoms with Crippen molar-refractivity contribution in [2.24, 2.45) is 0 Å². The topological polar surface area (TPSA) is 52.5 Å². The lowest BCUT2D eigenvalue weighted by atomic mass is 10.1. The van der Waals surface area contributed by atoms with Crippen molar-refractivity contribution in [1.29, 1.82) is 0 Å². The van der Waals surface area contributed by atoms with Gasteiger partial charge in [0.2, 0.25) is 0 Å². The molecule has 0 unspecified atom stereocenters. The molecule has 19 heavy (non-hydrogen) atoms. The Labute approximate surface area is 111 Å². The zero-order valence-electron chi connectivity index (χ0n) is 10.7. The molecule has 0 saturated heterocycles. The van der Waals surface area contributed by atoms with Gasteiger partial charge in [0.1, 0.15) is 17.4 Å². The highest BCUT2D eigenvalue weighted by Gasteiger charge is 2.09. The Morgan fingerprint density at radius 2 is 2.00 bits per heavy atom. The molecule has 0 saturated carbocycles. The summed E-state index contributed by atoms with van der Waals surface area (Å²) in [6, 6.07) is 13.7. The molecule has 2 heterocycles. The summed E-state index contributed by atoms with van der Waals surface area (Å²) in [5, 5.41) is 0. The molecule has 4 nitrogen and oxygen atoms in total. The summed E-state index contributed by atoms with van der Waals surface area (Å²) in [5.74, 6) is 2.48. The number of benzene rings is 1. The van der Waals surface area contributed by atoms with Crippen molar-refractivity contribution >= 4 is 11.3 Å². The highest BCUT2D eigenvalue weighted by molar-refractivity contribution is 5.53. The van der Waals surface area contributed by atoms with Gasteiger partial charge in [0.25, 0.3) is 0 Å². The number of nitrogens with two attached hydrogens (primary N) is 1. The molecule has 3 rings (SSSR count). The summed E-state index contributed by atoms with van der Waals surface area (Å²) in [4.78, 5) is 4.45. The van der Waals surface area contributed by atoms with Crippen molar-refractivity contribution in [2.75, 3.05) is 12.8 Å². The van der Waals surface area contributed by atoms with Gasteiger partial charge in [0.05, 0.1) is 18.8 Å². The molecule has 2 N–H and O–H groups in total. The van der Waals surface area contributed by atoms with Gasteiger partial charge in [0, 0.05) is 12.0 Å². The lowest BCUT2D eigenvalue weighted by molar-refractivity contribution is 0.410. The van der Waals surface area contributed by atoms with Crippen LogP contribution in [-0.2, 0) is 6.42 Å². The van der Waals surface area contributed by atoms with E-state index in [9.17, 15) is 0 Å². The molecule has 0 aliphatic heterocycles. The third-order valence-corrected chi connectivity index (χ3v) is 3.20. The summed E-state index contributed by atoms with van der Waals surface area (Å²) >= 11 is 0. The Kier molecular flexibility index (Phi) is 2.83. The monoisotopic (exact) mass is 253 g/mol. The maximum atomic E-state index is 6.02. The quantitative estimate of drug-likeness (QED) is 0.780. The van der Waals surface area contributed by atoms with Gasteiger partial charge >= 0.3 is 0 Å². The molecule has 0 bridgehead atoms. The first-order valence-electron chi connectivity index (χ1n) is 6.12. The van der Waals surface area contributed by atoms with Gasteiger partial charge in [-0.15, -0.1) is 0 Å². The van der Waals surface area contributed by atoms with Crippen molar-refractivity contribution in [3.8, 4) is 5.75 Å². The first kappa shape index (κ1) is 11.6. The SMILES string of the molecule is COc1ccccc1Cc1ncc2cccc(N)n12. The van der Waals surface area contributed by atoms with Crippen molar-refractivity contribution in [3.05, 3.63) is 60.0 Å². The van der Waals surface area contributed by atoms with E-state index in [1.165, 1.54) is 0 Å². The smallest absolute Gasteiger partial charge is 0.122 e. The Balaban J connectivity index is 2.06. The number of ether oxygens (including phenoxy) is 1. The van der Waals surface area contributed by atoms with Crippen LogP contribution in [0.15, 0.2) is 48.7 Å². The number of para-hydroxylation sites is 1. The van der Waals surface area contributed by atoms with Crippen LogP contribution < -0.4 is 10.5 Å². The van der Waals surface area contributed by atoms with E-state index in [0.717, 1.165) is 22.7 Å². The fourth-order valence-electron chi connectivity index (χ4n) is 2.28. The molecule has 0 radical (unpaired) electrons. The van der Waals surface area contributed by atoms with Crippen LogP contribution in [0.3, 0.4) is 0 Å². The van der Waals surface area contributed by atoms with Crippen LogP contribution in [0.4, 0.5) is 5.82 Å². The van der Waals surface area contributed by atoms with Gasteiger partial charge in [-0.05, 0) is 18.2 Å². The molecule has 1 aromatic carbocycles. The zero-order valence-corrected chi connectivity index (χ0v) is 10.7. The van der Waals surface area contributed by atoms with E-state index in [0.29, 0.717) is 12.2 Å². The third-order valence-electron chi connectivity index (χ3n) is 3.20. The number of methoxy groups -OCH3 is 1. The van der Waals surface area contributed by atoms with Crippen molar-refractivity contribution in [2.45, 2.75) is 6.42 Å². The molecule has 0 atom stereocenters. The van der Waals surface area contributed by atoms with Gasteiger partial charge in [-0.1, -0.05) is 24.3 Å². The van der Waals surface area contributed by atoms with E-state index in [2.05, 4.69) is 4.98 Å². The van der Waals surface area contributed by atoms with Crippen LogP contribution in [0.25, 0.3) is 5.52 Å². The normalized spacial score (nSPS) is 10.8. The molecule has 0 fully saturated rings. The van der Waals surface area contributed by atoms with Crippen LogP contribution in [0, 0.1) is 0 Å². The number of pyridine rings is 1. The van der Waals surface area contributed by atoms with Gasteiger partial charge in [0.15, 0.2) is 0 Å². The van der Waals surface area contributed by atoms with Gasteiger partial charge in [-0.3, -0.25) is 4.40 Å². The molecule has 96 valence electrons. The van der Waals surface area contributed by atoms with Gasteiger partial charge in [-0.25, -0.2) is 4.98 Å². The second-order valence-electron chi connectivity index (χ2n) is 4.37. The van der Waals surface area contributed by atoms with Crippen molar-refractivity contribution in [3.63, 3.8) is 0 Å². The fraction of sp³-hybridized carbons (Fsp3) is 0.133. The van der Waals surface area contributed by atoms with E-state index in [1.54, 1.807) is 7.11 Å². The Morgan fingerprint density at radius 1 is 1.16 bits per heavy atom. The summed E-state index contributed by atoms with van der Waals surface area (Å²) in [6.07, 6.45) is 2.52.